The van der Waals surface area contributed by atoms with Crippen molar-refractivity contribution in [3.8, 4) is 23.0 Å². The molecule has 14 heteroatoms. The number of Topliss-reactive ketones (excluding diaryl/α,β-unsaturated/α-hetero) is 1. The molecule has 9 atom stereocenters. The van der Waals surface area contributed by atoms with E-state index >= 15 is 0 Å². The van der Waals surface area contributed by atoms with Crippen LogP contribution in [0.3, 0.4) is 0 Å². The smallest absolute Gasteiger partial charge is 0.871 e. The van der Waals surface area contributed by atoms with E-state index in [0.29, 0.717) is 0 Å². The molecule has 5 bridgehead atoms. The molecular weight excluding hydrogens is 673 g/mol. The minimum absolute atomic E-state index is 0. The standard InChI is InChI=1S/C37H47NO12.Na/c1-16-11-10-12-17(2)36(46)38-23-15-24(40)26-27(32(23)44)31(43)21(6)34-28(26)35(45)37(8,50-34)48-14-13-25(47-9)18(3)33(49-22(7)39)20(5)30(42)19(4)29(16)41;/h10-16,18-20,25,29-30,33,40-44H,1-9H3,(H,38,46);/q;+1/p-1/b11-10+,14-13+,17-12-;/t16-,18+,19+,20+,25-,29-,30+,33+,37-;/m0./s1. The van der Waals surface area contributed by atoms with E-state index in [1.54, 1.807) is 39.8 Å². The van der Waals surface area contributed by atoms with Gasteiger partial charge in [0.1, 0.15) is 23.4 Å². The van der Waals surface area contributed by atoms with Crippen LogP contribution in [0.15, 0.2) is 42.2 Å². The van der Waals surface area contributed by atoms with E-state index in [1.807, 2.05) is 0 Å². The van der Waals surface area contributed by atoms with Gasteiger partial charge in [-0.3, -0.25) is 14.4 Å². The van der Waals surface area contributed by atoms with Crippen molar-refractivity contribution in [3.05, 3.63) is 53.3 Å². The second-order valence-electron chi connectivity index (χ2n) is 13.4. The number of ketones is 1. The summed E-state index contributed by atoms with van der Waals surface area (Å²) in [5, 5.41) is 60.2. The molecule has 3 aliphatic heterocycles. The minimum atomic E-state index is -2.00. The number of amides is 1. The summed E-state index contributed by atoms with van der Waals surface area (Å²) in [4.78, 5) is 39.2. The Labute approximate surface area is 319 Å². The van der Waals surface area contributed by atoms with Crippen molar-refractivity contribution in [1.29, 1.82) is 0 Å². The number of allylic oxidation sites excluding steroid dienone is 2. The van der Waals surface area contributed by atoms with E-state index in [1.165, 1.54) is 53.2 Å². The summed E-state index contributed by atoms with van der Waals surface area (Å²) in [7, 11) is 1.43. The van der Waals surface area contributed by atoms with Gasteiger partial charge in [-0.1, -0.05) is 51.7 Å². The normalized spacial score (nSPS) is 32.6. The number of carbonyl (C=O) groups excluding carboxylic acids is 3. The van der Waals surface area contributed by atoms with Gasteiger partial charge in [0.25, 0.3) is 11.7 Å². The number of aliphatic hydroxyl groups excluding tert-OH is 2. The van der Waals surface area contributed by atoms with E-state index < -0.39 is 88.8 Å². The van der Waals surface area contributed by atoms with Crippen LogP contribution in [0.2, 0.25) is 0 Å². The number of methoxy groups -OCH3 is 1. The Morgan fingerprint density at radius 1 is 1.00 bits per heavy atom. The number of esters is 1. The van der Waals surface area contributed by atoms with E-state index in [4.69, 9.17) is 18.9 Å². The van der Waals surface area contributed by atoms with Crippen molar-refractivity contribution in [2.75, 3.05) is 12.4 Å². The summed E-state index contributed by atoms with van der Waals surface area (Å²) in [5.74, 6) is -8.49. The Hall–Kier alpha value is -3.59. The number of ether oxygens (including phenoxy) is 4. The second-order valence-corrected chi connectivity index (χ2v) is 13.4. The van der Waals surface area contributed by atoms with Gasteiger partial charge in [-0.05, 0) is 19.9 Å². The van der Waals surface area contributed by atoms with Gasteiger partial charge in [-0.2, -0.15) is 0 Å². The molecule has 5 N–H and O–H groups in total. The molecule has 1 amide bonds. The number of hydrogen-bond acceptors (Lipinski definition) is 12. The molecule has 5 rings (SSSR count). The Morgan fingerprint density at radius 2 is 1.65 bits per heavy atom. The number of hydrogen-bond donors (Lipinski definition) is 5. The van der Waals surface area contributed by atoms with E-state index in [-0.39, 0.29) is 68.5 Å². The van der Waals surface area contributed by atoms with Crippen molar-refractivity contribution in [2.24, 2.45) is 23.7 Å². The van der Waals surface area contributed by atoms with Gasteiger partial charge in [0.05, 0.1) is 30.1 Å². The fourth-order valence-electron chi connectivity index (χ4n) is 6.64. The summed E-state index contributed by atoms with van der Waals surface area (Å²) in [6.07, 6.45) is 3.52. The van der Waals surface area contributed by atoms with Gasteiger partial charge in [0.15, 0.2) is 0 Å². The largest absolute Gasteiger partial charge is 1.00 e. The first kappa shape index (κ1) is 41.8. The molecule has 3 heterocycles. The molecule has 51 heavy (non-hydrogen) atoms. The van der Waals surface area contributed by atoms with Crippen LogP contribution >= 0.6 is 0 Å². The minimum Gasteiger partial charge on any atom is -0.871 e. The molecule has 13 nitrogen and oxygen atoms in total. The molecule has 2 aromatic rings. The van der Waals surface area contributed by atoms with Gasteiger partial charge >= 0.3 is 41.3 Å². The molecule has 0 saturated heterocycles. The number of aliphatic hydroxyl groups is 2. The number of benzene rings is 2. The monoisotopic (exact) mass is 719 g/mol. The summed E-state index contributed by atoms with van der Waals surface area (Å²) in [6.45, 7) is 12.4. The first-order valence-electron chi connectivity index (χ1n) is 16.4. The third-order valence-corrected chi connectivity index (χ3v) is 9.82. The van der Waals surface area contributed by atoms with E-state index in [9.17, 15) is 39.9 Å². The molecule has 0 saturated carbocycles. The van der Waals surface area contributed by atoms with Crippen molar-refractivity contribution < 1.29 is 88.4 Å². The number of aromatic hydroxyl groups is 2. The molecule has 2 aromatic carbocycles. The molecule has 0 spiro atoms. The maximum Gasteiger partial charge on any atom is 1.00 e. The van der Waals surface area contributed by atoms with Gasteiger partial charge in [0.2, 0.25) is 0 Å². The van der Waals surface area contributed by atoms with Crippen LogP contribution < -0.4 is 44.7 Å². The Balaban J connectivity index is 0.00000702. The van der Waals surface area contributed by atoms with Gasteiger partial charge in [0, 0.05) is 78.3 Å². The molecule has 0 unspecified atom stereocenters. The topological polar surface area (TPSA) is 204 Å². The predicted molar refractivity (Wildman–Crippen MR) is 182 cm³/mol. The number of anilines is 1. The maximum absolute atomic E-state index is 13.9. The Bertz CT molecular complexity index is 1770. The average Bonchev–Trinajstić information content (AvgIpc) is 3.33. The fraction of sp³-hybridized carbons (Fsp3) is 0.486. The molecular formula is C37H46NNaO12. The second kappa shape index (κ2) is 16.4. The summed E-state index contributed by atoms with van der Waals surface area (Å²) < 4.78 is 23.1. The summed E-state index contributed by atoms with van der Waals surface area (Å²) >= 11 is 0. The van der Waals surface area contributed by atoms with E-state index in [0.717, 1.165) is 6.07 Å². The summed E-state index contributed by atoms with van der Waals surface area (Å²) in [5.41, 5.74) is -0.312. The zero-order chi connectivity index (χ0) is 37.4. The van der Waals surface area contributed by atoms with Crippen molar-refractivity contribution in [2.45, 2.75) is 85.6 Å². The number of rotatable bonds is 2. The zero-order valence-electron chi connectivity index (χ0n) is 30.6. The van der Waals surface area contributed by atoms with Gasteiger partial charge in [-0.15, -0.1) is 0 Å². The molecule has 3 aliphatic rings. The molecule has 272 valence electrons. The third-order valence-electron chi connectivity index (χ3n) is 9.82. The van der Waals surface area contributed by atoms with Crippen LogP contribution in [0.25, 0.3) is 10.8 Å². The number of carbonyl (C=O) groups is 3. The average molecular weight is 720 g/mol. The SMILES string of the molecule is CO[C@H]1/C=C/O[C@@]2(C)Oc3c(C)c(O)c4c([O-])c(cc(O)c4c3C2=O)NC(=O)/C(C)=C\C=C\[C@H](C)[C@H](O)[C@@H](C)[C@@H](O)[C@@H](C)[C@H](OC(C)=O)[C@@H]1C.[Na+]. The van der Waals surface area contributed by atoms with Gasteiger partial charge in [-0.25, -0.2) is 0 Å². The Kier molecular flexibility index (Phi) is 13.4. The quantitative estimate of drug-likeness (QED) is 0.219. The molecule has 0 aromatic heterocycles. The van der Waals surface area contributed by atoms with E-state index in [2.05, 4.69) is 5.32 Å². The first-order chi connectivity index (χ1) is 23.4. The molecule has 0 fully saturated rings. The molecule has 0 radical (unpaired) electrons. The van der Waals surface area contributed by atoms with Crippen molar-refractivity contribution in [1.82, 2.24) is 0 Å². The zero-order valence-corrected chi connectivity index (χ0v) is 32.6. The van der Waals surface area contributed by atoms with Crippen molar-refractivity contribution >= 4 is 34.1 Å². The van der Waals surface area contributed by atoms with Crippen LogP contribution in [0.5, 0.6) is 23.0 Å². The van der Waals surface area contributed by atoms with Crippen LogP contribution in [-0.4, -0.2) is 75.4 Å². The number of nitrogens with one attached hydrogen (secondary N) is 1. The summed E-state index contributed by atoms with van der Waals surface area (Å²) in [6, 6.07) is 0.999. The van der Waals surface area contributed by atoms with Crippen molar-refractivity contribution in [3.63, 3.8) is 0 Å². The Morgan fingerprint density at radius 3 is 2.25 bits per heavy atom. The van der Waals surface area contributed by atoms with Crippen LogP contribution in [0, 0.1) is 30.6 Å². The fourth-order valence-corrected chi connectivity index (χ4v) is 6.64. The first-order valence-corrected chi connectivity index (χ1v) is 16.4. The number of fused-ring (bicyclic) bond motifs is 14. The maximum atomic E-state index is 13.9. The van der Waals surface area contributed by atoms with Crippen LogP contribution in [-0.2, 0) is 23.8 Å². The van der Waals surface area contributed by atoms with Crippen LogP contribution in [0.4, 0.5) is 5.69 Å². The molecule has 0 aliphatic carbocycles. The number of phenols is 2. The third kappa shape index (κ3) is 8.08. The van der Waals surface area contributed by atoms with Crippen LogP contribution in [0.1, 0.15) is 64.4 Å². The predicted octanol–water partition coefficient (Wildman–Crippen LogP) is 1.13. The number of phenolic OH excluding ortho intramolecular Hbond substituents is 2. The van der Waals surface area contributed by atoms with Gasteiger partial charge < -0.3 is 49.8 Å².